The maximum absolute atomic E-state index is 11.5. The van der Waals surface area contributed by atoms with Crippen molar-refractivity contribution in [3.05, 3.63) is 72.0 Å². The van der Waals surface area contributed by atoms with Gasteiger partial charge in [0, 0.05) is 12.1 Å². The number of carbonyl (C=O) groups excluding carboxylic acids is 1. The second kappa shape index (κ2) is 8.02. The van der Waals surface area contributed by atoms with Crippen LogP contribution in [0.4, 0.5) is 5.95 Å². The number of imidazole rings is 1. The van der Waals surface area contributed by atoms with E-state index in [0.29, 0.717) is 23.0 Å². The number of fused-ring (bicyclic) bond motifs is 1. The molecule has 2 heterocycles. The summed E-state index contributed by atoms with van der Waals surface area (Å²) in [5.41, 5.74) is 6.32. The Balaban J connectivity index is 1.48. The van der Waals surface area contributed by atoms with Crippen molar-refractivity contribution in [1.82, 2.24) is 9.55 Å². The molecule has 2 aromatic heterocycles. The van der Waals surface area contributed by atoms with Crippen molar-refractivity contribution in [3.63, 3.8) is 0 Å². The van der Waals surface area contributed by atoms with Crippen LogP contribution in [0, 0.1) is 0 Å². The van der Waals surface area contributed by atoms with E-state index in [9.17, 15) is 4.79 Å². The van der Waals surface area contributed by atoms with E-state index in [0.717, 1.165) is 23.1 Å². The van der Waals surface area contributed by atoms with Crippen molar-refractivity contribution in [2.45, 2.75) is 13.5 Å². The molecule has 4 rings (SSSR count). The highest BCUT2D eigenvalue weighted by Gasteiger charge is 2.09. The minimum Gasteiger partial charge on any atom is -0.465 e. The summed E-state index contributed by atoms with van der Waals surface area (Å²) in [5, 5.41) is 4.26. The summed E-state index contributed by atoms with van der Waals surface area (Å²) in [7, 11) is 1.36. The molecule has 0 aliphatic carbocycles. The number of benzene rings is 2. The molecule has 2 aromatic carbocycles. The lowest BCUT2D eigenvalue weighted by Crippen LogP contribution is -2.01. The number of aromatic nitrogens is 2. The van der Waals surface area contributed by atoms with Crippen LogP contribution in [0.2, 0.25) is 0 Å². The molecule has 7 heteroatoms. The van der Waals surface area contributed by atoms with Gasteiger partial charge in [-0.3, -0.25) is 0 Å². The number of furan rings is 1. The van der Waals surface area contributed by atoms with Crippen LogP contribution >= 0.6 is 0 Å². The van der Waals surface area contributed by atoms with E-state index in [1.165, 1.54) is 7.11 Å². The number of nitrogens with zero attached hydrogens (tertiary/aromatic N) is 3. The third kappa shape index (κ3) is 3.75. The molecule has 0 fully saturated rings. The molecule has 7 nitrogen and oxygen atoms in total. The number of hydrogen-bond acceptors (Lipinski definition) is 6. The van der Waals surface area contributed by atoms with Gasteiger partial charge in [-0.2, -0.15) is 5.10 Å². The van der Waals surface area contributed by atoms with E-state index in [1.807, 2.05) is 48.5 Å². The maximum atomic E-state index is 11.5. The first-order valence-electron chi connectivity index (χ1n) is 9.22. The predicted molar refractivity (Wildman–Crippen MR) is 112 cm³/mol. The zero-order chi connectivity index (χ0) is 20.2. The van der Waals surface area contributed by atoms with E-state index in [2.05, 4.69) is 27.0 Å². The fraction of sp³-hybridized carbons (Fsp3) is 0.136. The fourth-order valence-corrected chi connectivity index (χ4v) is 3.10. The van der Waals surface area contributed by atoms with Crippen molar-refractivity contribution < 1.29 is 13.9 Å². The number of aryl methyl sites for hydroxylation is 1. The summed E-state index contributed by atoms with van der Waals surface area (Å²) in [5.74, 6) is 1.59. The molecule has 0 atom stereocenters. The average Bonchev–Trinajstić information content (AvgIpc) is 3.37. The van der Waals surface area contributed by atoms with E-state index < -0.39 is 0 Å². The van der Waals surface area contributed by atoms with Gasteiger partial charge in [0.05, 0.1) is 29.9 Å². The standard InChI is InChI=1S/C22H20N4O3/c1-3-26-19-7-5-4-6-18(19)24-22(26)25-23-14-17-12-13-20(29-17)15-8-10-16(11-9-15)21(27)28-2/h4-14H,3H2,1-2H3,(H,24,25)/b23-14-. The van der Waals surface area contributed by atoms with Gasteiger partial charge in [-0.1, -0.05) is 24.3 Å². The lowest BCUT2D eigenvalue weighted by atomic mass is 10.1. The van der Waals surface area contributed by atoms with Crippen LogP contribution in [-0.2, 0) is 11.3 Å². The molecule has 29 heavy (non-hydrogen) atoms. The van der Waals surface area contributed by atoms with Gasteiger partial charge in [0.1, 0.15) is 11.5 Å². The van der Waals surface area contributed by atoms with Gasteiger partial charge in [-0.05, 0) is 43.3 Å². The van der Waals surface area contributed by atoms with Crippen LogP contribution in [0.3, 0.4) is 0 Å². The molecular formula is C22H20N4O3. The maximum Gasteiger partial charge on any atom is 0.337 e. The normalized spacial score (nSPS) is 11.2. The van der Waals surface area contributed by atoms with Crippen LogP contribution < -0.4 is 5.43 Å². The number of hydrogen-bond donors (Lipinski definition) is 1. The third-order valence-corrected chi connectivity index (χ3v) is 4.54. The lowest BCUT2D eigenvalue weighted by molar-refractivity contribution is 0.0600. The van der Waals surface area contributed by atoms with Gasteiger partial charge >= 0.3 is 5.97 Å². The molecule has 0 amide bonds. The number of esters is 1. The lowest BCUT2D eigenvalue weighted by Gasteiger charge is -2.04. The van der Waals surface area contributed by atoms with Crippen LogP contribution in [-0.4, -0.2) is 28.8 Å². The number of hydrazone groups is 1. The third-order valence-electron chi connectivity index (χ3n) is 4.54. The molecular weight excluding hydrogens is 368 g/mol. The summed E-state index contributed by atoms with van der Waals surface area (Å²) in [6.45, 7) is 2.85. The minimum absolute atomic E-state index is 0.368. The van der Waals surface area contributed by atoms with E-state index in [-0.39, 0.29) is 5.97 Å². The first-order chi connectivity index (χ1) is 14.2. The van der Waals surface area contributed by atoms with Gasteiger partial charge in [0.2, 0.25) is 5.95 Å². The van der Waals surface area contributed by atoms with E-state index in [4.69, 9.17) is 9.15 Å². The Bertz CT molecular complexity index is 1170. The van der Waals surface area contributed by atoms with Gasteiger partial charge in [-0.25, -0.2) is 15.2 Å². The Labute approximate surface area is 167 Å². The summed E-state index contributed by atoms with van der Waals surface area (Å²) >= 11 is 0. The zero-order valence-corrected chi connectivity index (χ0v) is 16.1. The molecule has 146 valence electrons. The molecule has 0 unspecified atom stereocenters. The number of para-hydroxylation sites is 2. The predicted octanol–water partition coefficient (Wildman–Crippen LogP) is 4.55. The second-order valence-electron chi connectivity index (χ2n) is 6.31. The Morgan fingerprint density at radius 2 is 1.97 bits per heavy atom. The summed E-state index contributed by atoms with van der Waals surface area (Å²) in [4.78, 5) is 16.1. The van der Waals surface area contributed by atoms with Crippen molar-refractivity contribution in [2.24, 2.45) is 5.10 Å². The first kappa shape index (κ1) is 18.5. The van der Waals surface area contributed by atoms with Crippen LogP contribution in [0.5, 0.6) is 0 Å². The molecule has 1 N–H and O–H groups in total. The molecule has 4 aromatic rings. The van der Waals surface area contributed by atoms with Crippen molar-refractivity contribution in [1.29, 1.82) is 0 Å². The van der Waals surface area contributed by atoms with E-state index >= 15 is 0 Å². The van der Waals surface area contributed by atoms with Gasteiger partial charge in [0.15, 0.2) is 0 Å². The van der Waals surface area contributed by atoms with Crippen LogP contribution in [0.25, 0.3) is 22.4 Å². The molecule has 0 spiro atoms. The van der Waals surface area contributed by atoms with Gasteiger partial charge < -0.3 is 13.7 Å². The summed E-state index contributed by atoms with van der Waals surface area (Å²) in [6.07, 6.45) is 1.60. The highest BCUT2D eigenvalue weighted by Crippen LogP contribution is 2.23. The topological polar surface area (TPSA) is 81.7 Å². The Hall–Kier alpha value is -3.87. The molecule has 0 aliphatic heterocycles. The quantitative estimate of drug-likeness (QED) is 0.298. The largest absolute Gasteiger partial charge is 0.465 e. The number of rotatable bonds is 6. The first-order valence-corrected chi connectivity index (χ1v) is 9.22. The number of nitrogens with one attached hydrogen (secondary N) is 1. The average molecular weight is 388 g/mol. The Morgan fingerprint density at radius 1 is 1.17 bits per heavy atom. The molecule has 0 aliphatic rings. The monoisotopic (exact) mass is 388 g/mol. The van der Waals surface area contributed by atoms with Gasteiger partial charge in [0.25, 0.3) is 0 Å². The fourth-order valence-electron chi connectivity index (χ4n) is 3.10. The molecule has 0 radical (unpaired) electrons. The molecule has 0 saturated carbocycles. The van der Waals surface area contributed by atoms with Crippen LogP contribution in [0.1, 0.15) is 23.0 Å². The smallest absolute Gasteiger partial charge is 0.337 e. The number of anilines is 1. The number of carbonyl (C=O) groups is 1. The highest BCUT2D eigenvalue weighted by molar-refractivity contribution is 5.90. The van der Waals surface area contributed by atoms with Crippen molar-refractivity contribution in [2.75, 3.05) is 12.5 Å². The van der Waals surface area contributed by atoms with Crippen molar-refractivity contribution >= 4 is 29.2 Å². The number of ether oxygens (including phenoxy) is 1. The van der Waals surface area contributed by atoms with Gasteiger partial charge in [-0.15, -0.1) is 0 Å². The highest BCUT2D eigenvalue weighted by atomic mass is 16.5. The zero-order valence-electron chi connectivity index (χ0n) is 16.1. The SMILES string of the molecule is CCn1c(N/N=C\c2ccc(-c3ccc(C(=O)OC)cc3)o2)nc2ccccc21. The minimum atomic E-state index is -0.368. The summed E-state index contributed by atoms with van der Waals surface area (Å²) < 4.78 is 12.6. The molecule has 0 saturated heterocycles. The van der Waals surface area contributed by atoms with Crippen molar-refractivity contribution in [3.8, 4) is 11.3 Å². The Kier molecular flexibility index (Phi) is 5.11. The number of methoxy groups -OCH3 is 1. The summed E-state index contributed by atoms with van der Waals surface area (Å²) in [6, 6.07) is 18.7. The Morgan fingerprint density at radius 3 is 2.72 bits per heavy atom. The van der Waals surface area contributed by atoms with E-state index in [1.54, 1.807) is 18.3 Å². The second-order valence-corrected chi connectivity index (χ2v) is 6.31. The van der Waals surface area contributed by atoms with Crippen LogP contribution in [0.15, 0.2) is 70.2 Å². The molecule has 0 bridgehead atoms.